The molecule has 1 atom stereocenters. The van der Waals surface area contributed by atoms with Gasteiger partial charge in [0.2, 0.25) is 0 Å². The highest BCUT2D eigenvalue weighted by atomic mass is 32.2. The molecule has 0 spiro atoms. The SMILES string of the molecule is NC(CSCc1cc[cH-]c1)C(=O)O. The molecule has 1 aromatic carbocycles. The van der Waals surface area contributed by atoms with Gasteiger partial charge in [-0.25, -0.2) is 6.07 Å². The van der Waals surface area contributed by atoms with Gasteiger partial charge in [0.15, 0.2) is 0 Å². The summed E-state index contributed by atoms with van der Waals surface area (Å²) >= 11 is 1.54. The molecule has 0 aliphatic carbocycles. The summed E-state index contributed by atoms with van der Waals surface area (Å²) in [6, 6.07) is 7.21. The summed E-state index contributed by atoms with van der Waals surface area (Å²) in [5, 5.41) is 8.50. The minimum absolute atomic E-state index is 0.459. The van der Waals surface area contributed by atoms with Crippen LogP contribution in [0.2, 0.25) is 0 Å². The van der Waals surface area contributed by atoms with Crippen LogP contribution in [0.15, 0.2) is 24.3 Å². The number of carboxylic acids is 1. The van der Waals surface area contributed by atoms with Crippen molar-refractivity contribution in [2.75, 3.05) is 5.75 Å². The van der Waals surface area contributed by atoms with Crippen LogP contribution in [0.5, 0.6) is 0 Å². The van der Waals surface area contributed by atoms with E-state index in [1.165, 1.54) is 5.56 Å². The van der Waals surface area contributed by atoms with Crippen LogP contribution in [-0.2, 0) is 10.5 Å². The molecule has 0 radical (unpaired) electrons. The van der Waals surface area contributed by atoms with Gasteiger partial charge in [0, 0.05) is 5.75 Å². The van der Waals surface area contributed by atoms with E-state index < -0.39 is 12.0 Å². The molecule has 0 heterocycles. The normalized spacial score (nSPS) is 12.7. The van der Waals surface area contributed by atoms with Crippen LogP contribution in [0.4, 0.5) is 0 Å². The lowest BCUT2D eigenvalue weighted by Gasteiger charge is -2.07. The molecule has 0 fully saturated rings. The van der Waals surface area contributed by atoms with E-state index in [1.54, 1.807) is 11.8 Å². The van der Waals surface area contributed by atoms with E-state index in [0.29, 0.717) is 5.75 Å². The zero-order valence-corrected chi connectivity index (χ0v) is 7.96. The largest absolute Gasteiger partial charge is 0.480 e. The first kappa shape index (κ1) is 10.2. The molecule has 0 amide bonds. The highest BCUT2D eigenvalue weighted by Gasteiger charge is 2.09. The summed E-state index contributed by atoms with van der Waals surface area (Å²) in [4.78, 5) is 10.4. The fraction of sp³-hybridized carbons (Fsp3) is 0.333. The van der Waals surface area contributed by atoms with Gasteiger partial charge in [0.05, 0.1) is 0 Å². The fourth-order valence-electron chi connectivity index (χ4n) is 0.885. The van der Waals surface area contributed by atoms with Gasteiger partial charge in [-0.2, -0.15) is 35.5 Å². The third-order valence-electron chi connectivity index (χ3n) is 1.62. The Balaban J connectivity index is 2.18. The smallest absolute Gasteiger partial charge is 0.321 e. The molecule has 0 saturated heterocycles. The van der Waals surface area contributed by atoms with E-state index in [4.69, 9.17) is 10.8 Å². The van der Waals surface area contributed by atoms with Crippen molar-refractivity contribution in [2.24, 2.45) is 5.73 Å². The van der Waals surface area contributed by atoms with Crippen molar-refractivity contribution in [1.82, 2.24) is 0 Å². The van der Waals surface area contributed by atoms with Crippen LogP contribution in [0.1, 0.15) is 5.56 Å². The summed E-state index contributed by atoms with van der Waals surface area (Å²) in [6.45, 7) is 0. The van der Waals surface area contributed by atoms with Crippen LogP contribution in [-0.4, -0.2) is 22.9 Å². The molecule has 3 nitrogen and oxygen atoms in total. The second kappa shape index (κ2) is 4.99. The minimum Gasteiger partial charge on any atom is -0.480 e. The maximum Gasteiger partial charge on any atom is 0.321 e. The predicted molar refractivity (Wildman–Crippen MR) is 53.8 cm³/mol. The van der Waals surface area contributed by atoms with Gasteiger partial charge in [0.25, 0.3) is 0 Å². The monoisotopic (exact) mass is 198 g/mol. The van der Waals surface area contributed by atoms with Gasteiger partial charge >= 0.3 is 5.97 Å². The van der Waals surface area contributed by atoms with E-state index in [2.05, 4.69) is 0 Å². The van der Waals surface area contributed by atoms with Crippen molar-refractivity contribution in [2.45, 2.75) is 11.8 Å². The van der Waals surface area contributed by atoms with Crippen molar-refractivity contribution in [3.63, 3.8) is 0 Å². The Hall–Kier alpha value is -0.870. The standard InChI is InChI=1S/C9H12NO2S/c10-8(9(11)12)6-13-5-7-3-1-2-4-7/h1-4,8H,5-6,10H2,(H,11,12)/q-1. The molecular formula is C9H12NO2S-. The van der Waals surface area contributed by atoms with Crippen molar-refractivity contribution in [1.29, 1.82) is 0 Å². The number of hydrogen-bond acceptors (Lipinski definition) is 3. The molecule has 0 aromatic heterocycles. The third kappa shape index (κ3) is 3.57. The Morgan fingerprint density at radius 1 is 1.77 bits per heavy atom. The lowest BCUT2D eigenvalue weighted by atomic mass is 10.4. The topological polar surface area (TPSA) is 63.3 Å². The summed E-state index contributed by atoms with van der Waals surface area (Å²) in [5.74, 6) is 0.351. The summed E-state index contributed by atoms with van der Waals surface area (Å²) < 4.78 is 0. The summed E-state index contributed by atoms with van der Waals surface area (Å²) in [5.41, 5.74) is 6.55. The Morgan fingerprint density at radius 2 is 2.54 bits per heavy atom. The quantitative estimate of drug-likeness (QED) is 0.694. The van der Waals surface area contributed by atoms with Crippen molar-refractivity contribution < 1.29 is 9.90 Å². The van der Waals surface area contributed by atoms with Crippen LogP contribution in [0.25, 0.3) is 0 Å². The number of carbonyl (C=O) groups is 1. The average molecular weight is 198 g/mol. The Morgan fingerprint density at radius 3 is 3.08 bits per heavy atom. The predicted octanol–water partition coefficient (Wildman–Crippen LogP) is 1.05. The van der Waals surface area contributed by atoms with Gasteiger partial charge in [0.1, 0.15) is 6.04 Å². The lowest BCUT2D eigenvalue weighted by Crippen LogP contribution is -2.32. The van der Waals surface area contributed by atoms with Crippen molar-refractivity contribution >= 4 is 17.7 Å². The maximum atomic E-state index is 10.4. The summed E-state index contributed by atoms with van der Waals surface area (Å²) in [6.07, 6.45) is 0. The minimum atomic E-state index is -0.935. The number of thioether (sulfide) groups is 1. The first-order valence-corrected chi connectivity index (χ1v) is 5.12. The van der Waals surface area contributed by atoms with Gasteiger partial charge in [-0.1, -0.05) is 0 Å². The van der Waals surface area contributed by atoms with Gasteiger partial charge < -0.3 is 10.8 Å². The molecule has 1 aromatic rings. The first-order valence-electron chi connectivity index (χ1n) is 3.97. The molecule has 0 bridgehead atoms. The van der Waals surface area contributed by atoms with Gasteiger partial charge in [-0.3, -0.25) is 4.79 Å². The molecule has 1 rings (SSSR count). The molecule has 0 aliphatic heterocycles. The molecule has 4 heteroatoms. The average Bonchev–Trinajstić information content (AvgIpc) is 2.56. The van der Waals surface area contributed by atoms with E-state index in [-0.39, 0.29) is 0 Å². The Labute approximate surface area is 81.3 Å². The van der Waals surface area contributed by atoms with Crippen molar-refractivity contribution in [3.8, 4) is 0 Å². The molecular weight excluding hydrogens is 186 g/mol. The molecule has 3 N–H and O–H groups in total. The molecule has 1 unspecified atom stereocenters. The molecule has 0 saturated carbocycles. The third-order valence-corrected chi connectivity index (χ3v) is 2.75. The van der Waals surface area contributed by atoms with E-state index in [0.717, 1.165) is 5.75 Å². The number of nitrogens with two attached hydrogens (primary N) is 1. The van der Waals surface area contributed by atoms with E-state index in [1.807, 2.05) is 24.3 Å². The number of rotatable bonds is 5. The van der Waals surface area contributed by atoms with Gasteiger partial charge in [-0.15, -0.1) is 0 Å². The molecule has 0 aliphatic rings. The highest BCUT2D eigenvalue weighted by molar-refractivity contribution is 7.98. The fourth-order valence-corrected chi connectivity index (χ4v) is 1.83. The summed E-state index contributed by atoms with van der Waals surface area (Å²) in [7, 11) is 0. The Bertz CT molecular complexity index is 259. The number of carboxylic acid groups (broad SMARTS) is 1. The van der Waals surface area contributed by atoms with Gasteiger partial charge in [-0.05, 0) is 5.75 Å². The molecule has 72 valence electrons. The first-order chi connectivity index (χ1) is 6.20. The highest BCUT2D eigenvalue weighted by Crippen LogP contribution is 2.12. The second-order valence-electron chi connectivity index (χ2n) is 2.75. The molecule has 13 heavy (non-hydrogen) atoms. The Kier molecular flexibility index (Phi) is 3.92. The van der Waals surface area contributed by atoms with Crippen LogP contribution in [0.3, 0.4) is 0 Å². The zero-order chi connectivity index (χ0) is 9.68. The van der Waals surface area contributed by atoms with Crippen LogP contribution < -0.4 is 5.73 Å². The van der Waals surface area contributed by atoms with Crippen molar-refractivity contribution in [3.05, 3.63) is 29.8 Å². The zero-order valence-electron chi connectivity index (χ0n) is 7.14. The second-order valence-corrected chi connectivity index (χ2v) is 3.78. The van der Waals surface area contributed by atoms with Crippen LogP contribution >= 0.6 is 11.8 Å². The number of hydrogen-bond donors (Lipinski definition) is 2. The maximum absolute atomic E-state index is 10.4. The van der Waals surface area contributed by atoms with E-state index in [9.17, 15) is 4.79 Å². The van der Waals surface area contributed by atoms with Crippen LogP contribution in [0, 0.1) is 0 Å². The lowest BCUT2D eigenvalue weighted by molar-refractivity contribution is -0.137. The number of aliphatic carboxylic acids is 1. The van der Waals surface area contributed by atoms with E-state index >= 15 is 0 Å².